The zero-order valence-electron chi connectivity index (χ0n) is 22.0. The number of likely N-dealkylation sites (tertiary alicyclic amines) is 1. The van der Waals surface area contributed by atoms with Gasteiger partial charge in [-0.2, -0.15) is 5.26 Å². The van der Waals surface area contributed by atoms with E-state index < -0.39 is 17.3 Å². The van der Waals surface area contributed by atoms with Gasteiger partial charge in [0.25, 0.3) is 0 Å². The first kappa shape index (κ1) is 25.0. The highest BCUT2D eigenvalue weighted by molar-refractivity contribution is 6.08. The lowest BCUT2D eigenvalue weighted by Crippen LogP contribution is -2.50. The molecule has 7 nitrogen and oxygen atoms in total. The van der Waals surface area contributed by atoms with Crippen molar-refractivity contribution in [2.24, 2.45) is 5.92 Å². The van der Waals surface area contributed by atoms with Crippen LogP contribution >= 0.6 is 0 Å². The van der Waals surface area contributed by atoms with Crippen molar-refractivity contribution in [3.63, 3.8) is 0 Å². The second-order valence-corrected chi connectivity index (χ2v) is 11.6. The molecule has 198 valence electrons. The van der Waals surface area contributed by atoms with E-state index in [1.807, 2.05) is 25.2 Å². The number of nitrogens with zero attached hydrogens (tertiary/aromatic N) is 3. The molecule has 6 rings (SSSR count). The highest BCUT2D eigenvalue weighted by atomic mass is 19.1. The van der Waals surface area contributed by atoms with Gasteiger partial charge in [-0.05, 0) is 98.6 Å². The van der Waals surface area contributed by atoms with Crippen molar-refractivity contribution < 1.29 is 14.0 Å². The average Bonchev–Trinajstić information content (AvgIpc) is 3.61. The van der Waals surface area contributed by atoms with Gasteiger partial charge in [0, 0.05) is 25.2 Å². The minimum atomic E-state index is -0.797. The van der Waals surface area contributed by atoms with E-state index in [0.29, 0.717) is 17.5 Å². The van der Waals surface area contributed by atoms with Crippen LogP contribution in [0.2, 0.25) is 0 Å². The van der Waals surface area contributed by atoms with E-state index in [1.54, 1.807) is 11.0 Å². The Morgan fingerprint density at radius 1 is 1.18 bits per heavy atom. The van der Waals surface area contributed by atoms with E-state index in [2.05, 4.69) is 34.7 Å². The normalized spacial score (nSPS) is 26.4. The number of nitrogens with one attached hydrogen (secondary N) is 2. The minimum Gasteiger partial charge on any atom is -0.339 e. The van der Waals surface area contributed by atoms with Gasteiger partial charge in [-0.15, -0.1) is 0 Å². The quantitative estimate of drug-likeness (QED) is 0.639. The molecule has 1 unspecified atom stereocenters. The van der Waals surface area contributed by atoms with Crippen molar-refractivity contribution in [2.45, 2.75) is 62.1 Å². The molecule has 2 aromatic carbocycles. The van der Waals surface area contributed by atoms with E-state index in [-0.39, 0.29) is 24.3 Å². The Morgan fingerprint density at radius 2 is 1.92 bits per heavy atom. The molecule has 4 aliphatic rings. The van der Waals surface area contributed by atoms with Gasteiger partial charge in [0.2, 0.25) is 11.8 Å². The summed E-state index contributed by atoms with van der Waals surface area (Å²) in [7, 11) is 3.91. The minimum absolute atomic E-state index is 0.106. The van der Waals surface area contributed by atoms with Crippen molar-refractivity contribution in [1.82, 2.24) is 15.5 Å². The summed E-state index contributed by atoms with van der Waals surface area (Å²) in [5.74, 6) is -0.102. The molecule has 0 aromatic heterocycles. The maximum atomic E-state index is 15.3. The van der Waals surface area contributed by atoms with Gasteiger partial charge in [0.15, 0.2) is 0 Å². The third kappa shape index (κ3) is 4.09. The average molecular weight is 516 g/mol. The van der Waals surface area contributed by atoms with E-state index in [4.69, 9.17) is 0 Å². The molecular formula is C30H34FN5O2. The predicted molar refractivity (Wildman–Crippen MR) is 143 cm³/mol. The van der Waals surface area contributed by atoms with Crippen molar-refractivity contribution in [3.05, 3.63) is 53.3 Å². The molecule has 38 heavy (non-hydrogen) atoms. The summed E-state index contributed by atoms with van der Waals surface area (Å²) in [5.41, 5.74) is 3.42. The molecule has 4 atom stereocenters. The number of carbonyl (C=O) groups excluding carboxylic acids is 2. The highest BCUT2D eigenvalue weighted by Crippen LogP contribution is 2.48. The number of piperidine rings is 2. The van der Waals surface area contributed by atoms with Gasteiger partial charge < -0.3 is 20.4 Å². The standard InChI is InChI=1S/C30H34FN5O2/c1-35-11-9-30(10-12-35)24-15-18(6-8-26(24)36(2)29(30)38)19-3-4-20(25(31)16-19)13-23(17-32)34-28(37)27-21-5-7-22(14-21)33-27/h3-4,6,8,15-16,21-23,27,33H,5,7,9-14H2,1-2H3,(H,34,37)/t21-,22?,23-,27-/m0/s1. The van der Waals surface area contributed by atoms with Crippen LogP contribution in [-0.2, 0) is 21.4 Å². The molecule has 3 fully saturated rings. The fourth-order valence-corrected chi connectivity index (χ4v) is 7.07. The summed E-state index contributed by atoms with van der Waals surface area (Å²) in [4.78, 5) is 30.1. The molecule has 3 aliphatic heterocycles. The Labute approximate surface area is 223 Å². The first-order valence-corrected chi connectivity index (χ1v) is 13.6. The van der Waals surface area contributed by atoms with E-state index in [0.717, 1.165) is 67.6 Å². The SMILES string of the molecule is CN1CCC2(CC1)C(=O)N(C)c1ccc(-c3ccc(C[C@@H](C#N)NC(=O)[C@H]4NC5CC[C@H]4C5)c(F)c3)cc12. The molecule has 2 saturated heterocycles. The van der Waals surface area contributed by atoms with Crippen LogP contribution in [0.1, 0.15) is 43.2 Å². The number of carbonyl (C=O) groups is 2. The third-order valence-electron chi connectivity index (χ3n) is 9.35. The molecule has 8 heteroatoms. The largest absolute Gasteiger partial charge is 0.339 e. The first-order chi connectivity index (χ1) is 18.3. The molecule has 2 aromatic rings. The lowest BCUT2D eigenvalue weighted by molar-refractivity contribution is -0.125. The zero-order valence-corrected chi connectivity index (χ0v) is 22.0. The Kier molecular flexibility index (Phi) is 6.24. The lowest BCUT2D eigenvalue weighted by Gasteiger charge is -2.36. The van der Waals surface area contributed by atoms with E-state index in [1.165, 1.54) is 6.07 Å². The van der Waals surface area contributed by atoms with Crippen LogP contribution in [0.15, 0.2) is 36.4 Å². The Balaban J connectivity index is 1.20. The number of fused-ring (bicyclic) bond motifs is 4. The fourth-order valence-electron chi connectivity index (χ4n) is 7.07. The van der Waals surface area contributed by atoms with Crippen molar-refractivity contribution in [2.75, 3.05) is 32.1 Å². The molecule has 1 saturated carbocycles. The van der Waals surface area contributed by atoms with Gasteiger partial charge in [-0.3, -0.25) is 9.59 Å². The molecule has 2 bridgehead atoms. The number of likely N-dealkylation sites (N-methyl/N-ethyl adjacent to an activating group) is 1. The van der Waals surface area contributed by atoms with Crippen molar-refractivity contribution in [1.29, 1.82) is 5.26 Å². The van der Waals surface area contributed by atoms with E-state index in [9.17, 15) is 14.9 Å². The number of hydrogen-bond acceptors (Lipinski definition) is 5. The monoisotopic (exact) mass is 515 g/mol. The lowest BCUT2D eigenvalue weighted by atomic mass is 9.73. The van der Waals surface area contributed by atoms with Gasteiger partial charge in [-0.1, -0.05) is 18.2 Å². The summed E-state index contributed by atoms with van der Waals surface area (Å²) in [5, 5.41) is 15.8. The number of hydrogen-bond donors (Lipinski definition) is 2. The van der Waals surface area contributed by atoms with Crippen LogP contribution < -0.4 is 15.5 Å². The summed E-state index contributed by atoms with van der Waals surface area (Å²) in [6, 6.07) is 12.5. The third-order valence-corrected chi connectivity index (χ3v) is 9.35. The number of rotatable bonds is 5. The van der Waals surface area contributed by atoms with Crippen LogP contribution in [0.4, 0.5) is 10.1 Å². The van der Waals surface area contributed by atoms with Crippen molar-refractivity contribution >= 4 is 17.5 Å². The van der Waals surface area contributed by atoms with Crippen LogP contribution in [0.25, 0.3) is 11.1 Å². The molecule has 0 radical (unpaired) electrons. The topological polar surface area (TPSA) is 88.5 Å². The number of halogens is 1. The molecule has 2 N–H and O–H groups in total. The predicted octanol–water partition coefficient (Wildman–Crippen LogP) is 3.12. The summed E-state index contributed by atoms with van der Waals surface area (Å²) >= 11 is 0. The van der Waals surface area contributed by atoms with Gasteiger partial charge >= 0.3 is 0 Å². The molecule has 3 heterocycles. The van der Waals surface area contributed by atoms with Crippen LogP contribution in [-0.4, -0.2) is 62.0 Å². The Hall–Kier alpha value is -3.28. The highest BCUT2D eigenvalue weighted by Gasteiger charge is 2.50. The first-order valence-electron chi connectivity index (χ1n) is 13.6. The van der Waals surface area contributed by atoms with Crippen LogP contribution in [0.5, 0.6) is 0 Å². The number of nitriles is 1. The zero-order chi connectivity index (χ0) is 26.6. The number of amides is 2. The molecular weight excluding hydrogens is 481 g/mol. The van der Waals surface area contributed by atoms with Crippen LogP contribution in [0.3, 0.4) is 0 Å². The number of benzene rings is 2. The summed E-state index contributed by atoms with van der Waals surface area (Å²) < 4.78 is 15.3. The van der Waals surface area contributed by atoms with Gasteiger partial charge in [-0.25, -0.2) is 4.39 Å². The second kappa shape index (κ2) is 9.48. The maximum absolute atomic E-state index is 15.3. The summed E-state index contributed by atoms with van der Waals surface area (Å²) in [6.07, 6.45) is 4.80. The Morgan fingerprint density at radius 3 is 2.58 bits per heavy atom. The Bertz CT molecular complexity index is 1330. The number of anilines is 1. The van der Waals surface area contributed by atoms with Crippen LogP contribution in [0, 0.1) is 23.1 Å². The maximum Gasteiger partial charge on any atom is 0.238 e. The van der Waals surface area contributed by atoms with Crippen molar-refractivity contribution in [3.8, 4) is 17.2 Å². The van der Waals surface area contributed by atoms with Gasteiger partial charge in [0.05, 0.1) is 17.5 Å². The van der Waals surface area contributed by atoms with E-state index >= 15 is 4.39 Å². The summed E-state index contributed by atoms with van der Waals surface area (Å²) in [6.45, 7) is 1.72. The fraction of sp³-hybridized carbons (Fsp3) is 0.500. The molecule has 1 aliphatic carbocycles. The van der Waals surface area contributed by atoms with Gasteiger partial charge in [0.1, 0.15) is 11.9 Å². The second-order valence-electron chi connectivity index (χ2n) is 11.6. The molecule has 2 amide bonds. The smallest absolute Gasteiger partial charge is 0.238 e. The molecule has 1 spiro atoms.